The smallest absolute Gasteiger partial charge is 0.336 e. The number of benzene rings is 2. The number of anilines is 1. The zero-order chi connectivity index (χ0) is 22.7. The summed E-state index contributed by atoms with van der Waals surface area (Å²) in [5, 5.41) is 21.3. The summed E-state index contributed by atoms with van der Waals surface area (Å²) in [4.78, 5) is 24.0. The lowest BCUT2D eigenvalue weighted by Crippen LogP contribution is -2.14. The number of carboxylic acid groups (broad SMARTS) is 1. The number of nitrogens with one attached hydrogen (secondary N) is 1. The summed E-state index contributed by atoms with van der Waals surface area (Å²) in [7, 11) is 0. The number of aromatic carboxylic acids is 1. The predicted molar refractivity (Wildman–Crippen MR) is 116 cm³/mol. The lowest BCUT2D eigenvalue weighted by molar-refractivity contribution is -0.112. The largest absolute Gasteiger partial charge is 0.478 e. The summed E-state index contributed by atoms with van der Waals surface area (Å²) < 4.78 is 15.7. The lowest BCUT2D eigenvalue weighted by Gasteiger charge is -2.14. The van der Waals surface area contributed by atoms with Crippen molar-refractivity contribution in [2.75, 3.05) is 5.32 Å². The summed E-state index contributed by atoms with van der Waals surface area (Å²) in [5.41, 5.74) is 3.46. The Morgan fingerprint density at radius 2 is 1.84 bits per heavy atom. The van der Waals surface area contributed by atoms with Crippen molar-refractivity contribution in [1.82, 2.24) is 4.57 Å². The van der Waals surface area contributed by atoms with Gasteiger partial charge < -0.3 is 15.0 Å². The van der Waals surface area contributed by atoms with E-state index < -0.39 is 17.7 Å². The third kappa shape index (κ3) is 4.23. The molecule has 2 N–H and O–H groups in total. The summed E-state index contributed by atoms with van der Waals surface area (Å²) >= 11 is 0. The second-order valence-electron chi connectivity index (χ2n) is 7.02. The van der Waals surface area contributed by atoms with Gasteiger partial charge in [0.25, 0.3) is 5.91 Å². The number of rotatable bonds is 5. The molecule has 3 aromatic rings. The van der Waals surface area contributed by atoms with Gasteiger partial charge in [-0.05, 0) is 68.3 Å². The van der Waals surface area contributed by atoms with Crippen LogP contribution >= 0.6 is 0 Å². The van der Waals surface area contributed by atoms with Crippen LogP contribution < -0.4 is 5.32 Å². The second-order valence-corrected chi connectivity index (χ2v) is 7.02. The van der Waals surface area contributed by atoms with Gasteiger partial charge >= 0.3 is 5.97 Å². The number of para-hydroxylation sites is 1. The minimum Gasteiger partial charge on any atom is -0.478 e. The Hall–Kier alpha value is -4.18. The monoisotopic (exact) mass is 417 g/mol. The van der Waals surface area contributed by atoms with Gasteiger partial charge in [-0.3, -0.25) is 4.79 Å². The highest BCUT2D eigenvalue weighted by Crippen LogP contribution is 2.26. The Kier molecular flexibility index (Phi) is 6.02. The van der Waals surface area contributed by atoms with Gasteiger partial charge in [0, 0.05) is 17.1 Å². The van der Waals surface area contributed by atoms with E-state index in [4.69, 9.17) is 0 Å². The first-order chi connectivity index (χ1) is 14.7. The maximum absolute atomic E-state index is 13.8. The molecule has 0 atom stereocenters. The topological polar surface area (TPSA) is 95.1 Å². The predicted octanol–water partition coefficient (Wildman–Crippen LogP) is 4.79. The van der Waals surface area contributed by atoms with Gasteiger partial charge in [0.1, 0.15) is 17.5 Å². The van der Waals surface area contributed by atoms with Crippen molar-refractivity contribution in [2.24, 2.45) is 0 Å². The molecule has 0 aliphatic heterocycles. The van der Waals surface area contributed by atoms with Crippen LogP contribution in [-0.4, -0.2) is 21.6 Å². The number of carbonyl (C=O) groups is 2. The van der Waals surface area contributed by atoms with E-state index in [-0.39, 0.29) is 16.8 Å². The maximum Gasteiger partial charge on any atom is 0.336 e. The van der Waals surface area contributed by atoms with Crippen LogP contribution in [0.5, 0.6) is 0 Å². The van der Waals surface area contributed by atoms with Gasteiger partial charge in [-0.1, -0.05) is 18.2 Å². The number of amides is 1. The number of carboxylic acids is 1. The third-order valence-corrected chi connectivity index (χ3v) is 5.03. The van der Waals surface area contributed by atoms with Crippen LogP contribution in [0.15, 0.2) is 54.1 Å². The summed E-state index contributed by atoms with van der Waals surface area (Å²) in [6, 6.07) is 14.4. The van der Waals surface area contributed by atoms with Crippen molar-refractivity contribution in [3.8, 4) is 11.8 Å². The number of nitriles is 1. The molecule has 1 aromatic heterocycles. The van der Waals surface area contributed by atoms with Crippen molar-refractivity contribution in [2.45, 2.75) is 20.8 Å². The first-order valence-electron chi connectivity index (χ1n) is 9.44. The summed E-state index contributed by atoms with van der Waals surface area (Å²) in [6.45, 7) is 5.40. The molecule has 0 bridgehead atoms. The molecule has 156 valence electrons. The molecule has 0 saturated carbocycles. The number of aromatic nitrogens is 1. The van der Waals surface area contributed by atoms with Gasteiger partial charge in [-0.2, -0.15) is 5.26 Å². The quantitative estimate of drug-likeness (QED) is 0.461. The van der Waals surface area contributed by atoms with E-state index in [0.29, 0.717) is 16.8 Å². The molecule has 31 heavy (non-hydrogen) atoms. The van der Waals surface area contributed by atoms with Gasteiger partial charge in [0.05, 0.1) is 11.3 Å². The fraction of sp³-hybridized carbons (Fsp3) is 0.125. The molecule has 0 spiro atoms. The fourth-order valence-corrected chi connectivity index (χ4v) is 3.46. The highest BCUT2D eigenvalue weighted by atomic mass is 19.1. The average Bonchev–Trinajstić information content (AvgIpc) is 3.00. The van der Waals surface area contributed by atoms with E-state index in [1.54, 1.807) is 25.1 Å². The lowest BCUT2D eigenvalue weighted by atomic mass is 10.1. The Labute approximate surface area is 178 Å². The van der Waals surface area contributed by atoms with Gasteiger partial charge in [-0.25, -0.2) is 9.18 Å². The molecule has 0 aliphatic carbocycles. The highest BCUT2D eigenvalue weighted by Gasteiger charge is 2.17. The van der Waals surface area contributed by atoms with Crippen molar-refractivity contribution < 1.29 is 19.1 Å². The number of nitrogens with zero attached hydrogens (tertiary/aromatic N) is 2. The van der Waals surface area contributed by atoms with E-state index >= 15 is 0 Å². The zero-order valence-corrected chi connectivity index (χ0v) is 17.2. The van der Waals surface area contributed by atoms with E-state index in [1.165, 1.54) is 30.3 Å². The minimum atomic E-state index is -1.02. The molecule has 1 heterocycles. The van der Waals surface area contributed by atoms with Gasteiger partial charge in [0.15, 0.2) is 0 Å². The third-order valence-electron chi connectivity index (χ3n) is 5.03. The van der Waals surface area contributed by atoms with Crippen LogP contribution in [0.1, 0.15) is 32.9 Å². The van der Waals surface area contributed by atoms with Crippen LogP contribution in [-0.2, 0) is 4.79 Å². The molecule has 1 amide bonds. The van der Waals surface area contributed by atoms with Gasteiger partial charge in [-0.15, -0.1) is 0 Å². The van der Waals surface area contributed by atoms with E-state index in [0.717, 1.165) is 11.4 Å². The molecule has 0 aliphatic rings. The van der Waals surface area contributed by atoms with Crippen molar-refractivity contribution in [3.63, 3.8) is 0 Å². The van der Waals surface area contributed by atoms with Gasteiger partial charge in [0.2, 0.25) is 0 Å². The Bertz CT molecular complexity index is 1270. The average molecular weight is 417 g/mol. The standard InChI is InChI=1S/C24H20FN3O3/c1-14-11-17(12-18(13-26)23(29)27-21-9-5-4-8-20(21)25)16(3)28(14)22-10-6-7-19(15(22)2)24(30)31/h4-12H,1-3H3,(H,27,29)(H,30,31)/b18-12-. The number of hydrogen-bond donors (Lipinski definition) is 2. The molecule has 7 heteroatoms. The Balaban J connectivity index is 2.01. The van der Waals surface area contributed by atoms with Crippen molar-refractivity contribution >= 4 is 23.6 Å². The molecule has 0 unspecified atom stereocenters. The SMILES string of the molecule is Cc1c(C(=O)O)cccc1-n1c(C)cc(/C=C(/C#N)C(=O)Nc2ccccc2F)c1C. The molecular formula is C24H20FN3O3. The van der Waals surface area contributed by atoms with Crippen LogP contribution in [0.2, 0.25) is 0 Å². The molecule has 6 nitrogen and oxygen atoms in total. The summed E-state index contributed by atoms with van der Waals surface area (Å²) in [5.74, 6) is -2.33. The zero-order valence-electron chi connectivity index (χ0n) is 17.2. The van der Waals surface area contributed by atoms with Crippen LogP contribution in [0, 0.1) is 37.9 Å². The molecule has 0 saturated heterocycles. The Morgan fingerprint density at radius 3 is 2.48 bits per heavy atom. The van der Waals surface area contributed by atoms with E-state index in [1.807, 2.05) is 30.6 Å². The van der Waals surface area contributed by atoms with Crippen LogP contribution in [0.25, 0.3) is 11.8 Å². The van der Waals surface area contributed by atoms with E-state index in [9.17, 15) is 24.3 Å². The highest BCUT2D eigenvalue weighted by molar-refractivity contribution is 6.09. The summed E-state index contributed by atoms with van der Waals surface area (Å²) in [6.07, 6.45) is 1.44. The maximum atomic E-state index is 13.8. The molecule has 0 fully saturated rings. The molecular weight excluding hydrogens is 397 g/mol. The minimum absolute atomic E-state index is 0.0137. The number of hydrogen-bond acceptors (Lipinski definition) is 3. The van der Waals surface area contributed by atoms with E-state index in [2.05, 4.69) is 5.32 Å². The number of halogens is 1. The molecule has 2 aromatic carbocycles. The first-order valence-corrected chi connectivity index (χ1v) is 9.44. The van der Waals surface area contributed by atoms with Crippen LogP contribution in [0.3, 0.4) is 0 Å². The number of carbonyl (C=O) groups excluding carboxylic acids is 1. The fourth-order valence-electron chi connectivity index (χ4n) is 3.46. The van der Waals surface area contributed by atoms with Crippen LogP contribution in [0.4, 0.5) is 10.1 Å². The normalized spacial score (nSPS) is 11.1. The number of aryl methyl sites for hydroxylation is 1. The Morgan fingerprint density at radius 1 is 1.13 bits per heavy atom. The van der Waals surface area contributed by atoms with Crippen molar-refractivity contribution in [3.05, 3.63) is 88.0 Å². The first kappa shape index (κ1) is 21.5. The van der Waals surface area contributed by atoms with Crippen molar-refractivity contribution in [1.29, 1.82) is 5.26 Å². The second kappa shape index (κ2) is 8.67. The molecule has 3 rings (SSSR count). The molecule has 0 radical (unpaired) electrons.